The SMILES string of the molecule is CC(C)c1csc(C(N)c2cnn(-c3ccccc3)c2)n1. The predicted molar refractivity (Wildman–Crippen MR) is 85.8 cm³/mol. The zero-order chi connectivity index (χ0) is 14.8. The molecule has 1 atom stereocenters. The van der Waals surface area contributed by atoms with Gasteiger partial charge in [-0.1, -0.05) is 32.0 Å². The van der Waals surface area contributed by atoms with E-state index in [0.29, 0.717) is 5.92 Å². The Morgan fingerprint density at radius 2 is 1.95 bits per heavy atom. The van der Waals surface area contributed by atoms with E-state index in [-0.39, 0.29) is 6.04 Å². The average molecular weight is 298 g/mol. The number of para-hydroxylation sites is 1. The lowest BCUT2D eigenvalue weighted by atomic mass is 10.1. The van der Waals surface area contributed by atoms with E-state index in [1.807, 2.05) is 47.4 Å². The standard InChI is InChI=1S/C16H18N4S/c1-11(2)14-10-21-16(19-14)15(17)12-8-18-20(9-12)13-6-4-3-5-7-13/h3-11,15H,17H2,1-2H3. The Morgan fingerprint density at radius 3 is 2.62 bits per heavy atom. The van der Waals surface area contributed by atoms with E-state index in [1.54, 1.807) is 11.3 Å². The molecule has 1 unspecified atom stereocenters. The molecule has 0 aliphatic carbocycles. The van der Waals surface area contributed by atoms with Gasteiger partial charge in [-0.05, 0) is 18.1 Å². The highest BCUT2D eigenvalue weighted by Gasteiger charge is 2.16. The Morgan fingerprint density at radius 1 is 1.19 bits per heavy atom. The summed E-state index contributed by atoms with van der Waals surface area (Å²) in [4.78, 5) is 4.62. The van der Waals surface area contributed by atoms with E-state index in [4.69, 9.17) is 5.73 Å². The van der Waals surface area contributed by atoms with Crippen molar-refractivity contribution >= 4 is 11.3 Å². The molecule has 0 radical (unpaired) electrons. The number of thiazole rings is 1. The van der Waals surface area contributed by atoms with Crippen LogP contribution in [0.25, 0.3) is 5.69 Å². The van der Waals surface area contributed by atoms with Gasteiger partial charge in [-0.15, -0.1) is 11.3 Å². The molecule has 1 aromatic carbocycles. The molecule has 4 nitrogen and oxygen atoms in total. The Bertz CT molecular complexity index is 715. The summed E-state index contributed by atoms with van der Waals surface area (Å²) in [7, 11) is 0. The molecule has 3 aromatic rings. The zero-order valence-corrected chi connectivity index (χ0v) is 12.9. The molecule has 2 heterocycles. The molecule has 0 amide bonds. The second-order valence-electron chi connectivity index (χ2n) is 5.30. The summed E-state index contributed by atoms with van der Waals surface area (Å²) in [6.07, 6.45) is 3.78. The summed E-state index contributed by atoms with van der Waals surface area (Å²) in [5.41, 5.74) is 9.42. The van der Waals surface area contributed by atoms with Gasteiger partial charge in [-0.25, -0.2) is 9.67 Å². The van der Waals surface area contributed by atoms with Crippen molar-refractivity contribution in [3.05, 3.63) is 64.4 Å². The summed E-state index contributed by atoms with van der Waals surface area (Å²) in [6, 6.07) is 9.78. The third-order valence-electron chi connectivity index (χ3n) is 3.38. The van der Waals surface area contributed by atoms with Gasteiger partial charge in [0, 0.05) is 17.1 Å². The Balaban J connectivity index is 1.85. The number of hydrogen-bond acceptors (Lipinski definition) is 4. The largest absolute Gasteiger partial charge is 0.318 e. The highest BCUT2D eigenvalue weighted by atomic mass is 32.1. The van der Waals surface area contributed by atoms with Crippen LogP contribution in [0.5, 0.6) is 0 Å². The quantitative estimate of drug-likeness (QED) is 0.802. The molecule has 2 N–H and O–H groups in total. The summed E-state index contributed by atoms with van der Waals surface area (Å²) in [5.74, 6) is 0.425. The van der Waals surface area contributed by atoms with Crippen molar-refractivity contribution in [3.63, 3.8) is 0 Å². The van der Waals surface area contributed by atoms with E-state index in [1.165, 1.54) is 0 Å². The van der Waals surface area contributed by atoms with E-state index >= 15 is 0 Å². The van der Waals surface area contributed by atoms with Gasteiger partial charge in [0.1, 0.15) is 5.01 Å². The molecule has 5 heteroatoms. The van der Waals surface area contributed by atoms with Crippen LogP contribution in [-0.2, 0) is 0 Å². The van der Waals surface area contributed by atoms with Gasteiger partial charge in [0.15, 0.2) is 0 Å². The van der Waals surface area contributed by atoms with Crippen LogP contribution >= 0.6 is 11.3 Å². The number of benzene rings is 1. The lowest BCUT2D eigenvalue weighted by Crippen LogP contribution is -2.11. The minimum absolute atomic E-state index is 0.222. The lowest BCUT2D eigenvalue weighted by molar-refractivity contribution is 0.795. The van der Waals surface area contributed by atoms with Gasteiger partial charge in [0.05, 0.1) is 23.6 Å². The molecule has 0 saturated heterocycles. The zero-order valence-electron chi connectivity index (χ0n) is 12.1. The molecule has 0 bridgehead atoms. The summed E-state index contributed by atoms with van der Waals surface area (Å²) < 4.78 is 1.84. The highest BCUT2D eigenvalue weighted by Crippen LogP contribution is 2.26. The second kappa shape index (κ2) is 5.79. The highest BCUT2D eigenvalue weighted by molar-refractivity contribution is 7.09. The van der Waals surface area contributed by atoms with Gasteiger partial charge in [0.25, 0.3) is 0 Å². The first-order valence-electron chi connectivity index (χ1n) is 6.96. The van der Waals surface area contributed by atoms with E-state index in [0.717, 1.165) is 22.0 Å². The first kappa shape index (κ1) is 14.0. The van der Waals surface area contributed by atoms with Crippen LogP contribution in [0.3, 0.4) is 0 Å². The molecule has 0 spiro atoms. The topological polar surface area (TPSA) is 56.7 Å². The maximum Gasteiger partial charge on any atom is 0.114 e. The van der Waals surface area contributed by atoms with Crippen molar-refractivity contribution < 1.29 is 0 Å². The summed E-state index contributed by atoms with van der Waals surface area (Å²) >= 11 is 1.61. The van der Waals surface area contributed by atoms with Crippen molar-refractivity contribution in [2.75, 3.05) is 0 Å². The van der Waals surface area contributed by atoms with Crippen LogP contribution in [0.1, 0.15) is 42.1 Å². The summed E-state index contributed by atoms with van der Waals surface area (Å²) in [5, 5.41) is 7.41. The fraction of sp³-hybridized carbons (Fsp3) is 0.250. The van der Waals surface area contributed by atoms with Crippen LogP contribution in [0, 0.1) is 0 Å². The van der Waals surface area contributed by atoms with Crippen LogP contribution in [0.4, 0.5) is 0 Å². The molecule has 108 valence electrons. The Labute approximate surface area is 128 Å². The molecule has 0 fully saturated rings. The van der Waals surface area contributed by atoms with E-state index in [2.05, 4.69) is 29.3 Å². The average Bonchev–Trinajstić information content (AvgIpc) is 3.17. The third-order valence-corrected chi connectivity index (χ3v) is 4.33. The number of rotatable bonds is 4. The van der Waals surface area contributed by atoms with E-state index in [9.17, 15) is 0 Å². The van der Waals surface area contributed by atoms with Gasteiger partial charge in [-0.3, -0.25) is 0 Å². The van der Waals surface area contributed by atoms with Crippen molar-refractivity contribution in [1.29, 1.82) is 0 Å². The van der Waals surface area contributed by atoms with Crippen molar-refractivity contribution in [1.82, 2.24) is 14.8 Å². The second-order valence-corrected chi connectivity index (χ2v) is 6.19. The fourth-order valence-corrected chi connectivity index (χ4v) is 3.08. The monoisotopic (exact) mass is 298 g/mol. The fourth-order valence-electron chi connectivity index (χ4n) is 2.07. The van der Waals surface area contributed by atoms with Crippen LogP contribution in [-0.4, -0.2) is 14.8 Å². The normalized spacial score (nSPS) is 12.8. The number of aromatic nitrogens is 3. The molecule has 2 aromatic heterocycles. The molecular weight excluding hydrogens is 280 g/mol. The minimum atomic E-state index is -0.222. The maximum atomic E-state index is 6.32. The molecule has 21 heavy (non-hydrogen) atoms. The van der Waals surface area contributed by atoms with Crippen LogP contribution < -0.4 is 5.73 Å². The van der Waals surface area contributed by atoms with Crippen molar-refractivity contribution in [2.24, 2.45) is 5.73 Å². The van der Waals surface area contributed by atoms with Gasteiger partial charge in [-0.2, -0.15) is 5.10 Å². The maximum absolute atomic E-state index is 6.32. The molecule has 0 aliphatic heterocycles. The van der Waals surface area contributed by atoms with Gasteiger partial charge < -0.3 is 5.73 Å². The van der Waals surface area contributed by atoms with Gasteiger partial charge >= 0.3 is 0 Å². The number of nitrogens with two attached hydrogens (primary N) is 1. The lowest BCUT2D eigenvalue weighted by Gasteiger charge is -2.05. The Hall–Kier alpha value is -1.98. The summed E-state index contributed by atoms with van der Waals surface area (Å²) in [6.45, 7) is 4.27. The van der Waals surface area contributed by atoms with Crippen molar-refractivity contribution in [3.8, 4) is 5.69 Å². The van der Waals surface area contributed by atoms with Gasteiger partial charge in [0.2, 0.25) is 0 Å². The minimum Gasteiger partial charge on any atom is -0.318 e. The Kier molecular flexibility index (Phi) is 3.86. The van der Waals surface area contributed by atoms with Crippen LogP contribution in [0.2, 0.25) is 0 Å². The van der Waals surface area contributed by atoms with Crippen molar-refractivity contribution in [2.45, 2.75) is 25.8 Å². The van der Waals surface area contributed by atoms with E-state index < -0.39 is 0 Å². The number of hydrogen-bond donors (Lipinski definition) is 1. The number of nitrogens with zero attached hydrogens (tertiary/aromatic N) is 3. The first-order chi connectivity index (χ1) is 10.1. The molecule has 0 saturated carbocycles. The molecule has 0 aliphatic rings. The smallest absolute Gasteiger partial charge is 0.114 e. The van der Waals surface area contributed by atoms with Crippen LogP contribution in [0.15, 0.2) is 48.1 Å². The molecular formula is C16H18N4S. The first-order valence-corrected chi connectivity index (χ1v) is 7.84. The molecule has 3 rings (SSSR count). The predicted octanol–water partition coefficient (Wildman–Crippen LogP) is 3.50. The third kappa shape index (κ3) is 2.89.